The summed E-state index contributed by atoms with van der Waals surface area (Å²) in [6.45, 7) is 2.02. The fourth-order valence-electron chi connectivity index (χ4n) is 3.40. The van der Waals surface area contributed by atoms with Gasteiger partial charge in [-0.2, -0.15) is 0 Å². The second kappa shape index (κ2) is 5.51. The maximum Gasteiger partial charge on any atom is 0.220 e. The molecule has 1 aliphatic heterocycles. The maximum absolute atomic E-state index is 12.2. The van der Waals surface area contributed by atoms with Crippen LogP contribution < -0.4 is 10.6 Å². The summed E-state index contributed by atoms with van der Waals surface area (Å²) < 4.78 is 0. The molecule has 4 nitrogen and oxygen atoms in total. The van der Waals surface area contributed by atoms with Crippen LogP contribution in [0.1, 0.15) is 56.2 Å². The highest BCUT2D eigenvalue weighted by atomic mass is 16.2. The smallest absolute Gasteiger partial charge is 0.220 e. The predicted octanol–water partition coefficient (Wildman–Crippen LogP) is 2.24. The van der Waals surface area contributed by atoms with Gasteiger partial charge >= 0.3 is 0 Å². The third kappa shape index (κ3) is 3.09. The van der Waals surface area contributed by atoms with E-state index in [9.17, 15) is 9.59 Å². The van der Waals surface area contributed by atoms with E-state index in [4.69, 9.17) is 0 Å². The Morgan fingerprint density at radius 2 is 2.19 bits per heavy atom. The normalized spacial score (nSPS) is 27.3. The summed E-state index contributed by atoms with van der Waals surface area (Å²) in [5.74, 6) is 0.182. The number of fused-ring (bicyclic) bond motifs is 1. The predicted molar refractivity (Wildman–Crippen MR) is 80.7 cm³/mol. The van der Waals surface area contributed by atoms with Crippen molar-refractivity contribution >= 4 is 11.8 Å². The number of benzene rings is 1. The number of rotatable bonds is 4. The molecule has 0 bridgehead atoms. The minimum atomic E-state index is -0.206. The molecule has 3 rings (SSSR count). The average Bonchev–Trinajstić information content (AvgIpc) is 3.02. The first-order valence-corrected chi connectivity index (χ1v) is 7.74. The molecular formula is C17H22N2O2. The Kier molecular flexibility index (Phi) is 3.70. The molecule has 1 aliphatic carbocycles. The molecule has 0 spiro atoms. The Bertz CT molecular complexity index is 570. The van der Waals surface area contributed by atoms with Gasteiger partial charge in [0.25, 0.3) is 0 Å². The summed E-state index contributed by atoms with van der Waals surface area (Å²) in [5, 5.41) is 6.11. The van der Waals surface area contributed by atoms with Crippen molar-refractivity contribution in [1.82, 2.24) is 10.6 Å². The molecule has 1 fully saturated rings. The van der Waals surface area contributed by atoms with Gasteiger partial charge in [-0.3, -0.25) is 9.59 Å². The molecule has 2 amide bonds. The van der Waals surface area contributed by atoms with E-state index >= 15 is 0 Å². The third-order valence-corrected chi connectivity index (χ3v) is 4.72. The molecule has 0 aromatic heterocycles. The highest BCUT2D eigenvalue weighted by Crippen LogP contribution is 2.31. The van der Waals surface area contributed by atoms with Crippen LogP contribution in [0.25, 0.3) is 0 Å². The molecule has 1 heterocycles. The topological polar surface area (TPSA) is 58.2 Å². The molecule has 2 N–H and O–H groups in total. The molecule has 1 saturated heterocycles. The molecule has 2 atom stereocenters. The molecule has 2 unspecified atom stereocenters. The standard InChI is InChI=1S/C17H22N2O2/c1-17(11-9-16(21)19-17)10-8-15(20)18-14-7-6-12-4-2-3-5-13(12)14/h2-5,14H,6-11H2,1H3,(H,18,20)(H,19,21). The zero-order valence-corrected chi connectivity index (χ0v) is 12.4. The van der Waals surface area contributed by atoms with E-state index in [1.165, 1.54) is 11.1 Å². The number of carbonyl (C=O) groups excluding carboxylic acids is 2. The van der Waals surface area contributed by atoms with Gasteiger partial charge in [0.2, 0.25) is 11.8 Å². The van der Waals surface area contributed by atoms with Crippen LogP contribution in [0.5, 0.6) is 0 Å². The number of hydrogen-bond acceptors (Lipinski definition) is 2. The molecular weight excluding hydrogens is 264 g/mol. The van der Waals surface area contributed by atoms with Crippen LogP contribution in [0.2, 0.25) is 0 Å². The molecule has 0 saturated carbocycles. The van der Waals surface area contributed by atoms with Gasteiger partial charge in [-0.15, -0.1) is 0 Å². The van der Waals surface area contributed by atoms with Crippen LogP contribution in [0.3, 0.4) is 0 Å². The van der Waals surface area contributed by atoms with Crippen molar-refractivity contribution in [3.63, 3.8) is 0 Å². The number of aryl methyl sites for hydroxylation is 1. The monoisotopic (exact) mass is 286 g/mol. The lowest BCUT2D eigenvalue weighted by atomic mass is 9.94. The zero-order chi connectivity index (χ0) is 14.9. The summed E-state index contributed by atoms with van der Waals surface area (Å²) in [5.41, 5.74) is 2.39. The first-order valence-electron chi connectivity index (χ1n) is 7.74. The fourth-order valence-corrected chi connectivity index (χ4v) is 3.40. The molecule has 4 heteroatoms. The molecule has 2 aliphatic rings. The third-order valence-electron chi connectivity index (χ3n) is 4.72. The first-order chi connectivity index (χ1) is 10.1. The SMILES string of the molecule is CC1(CCC(=O)NC2CCc3ccccc32)CCC(=O)N1. The van der Waals surface area contributed by atoms with Gasteiger partial charge in [-0.25, -0.2) is 0 Å². The fraction of sp³-hybridized carbons (Fsp3) is 0.529. The molecule has 1 aromatic rings. The van der Waals surface area contributed by atoms with Crippen molar-refractivity contribution in [3.05, 3.63) is 35.4 Å². The minimum Gasteiger partial charge on any atom is -0.351 e. The minimum absolute atomic E-state index is 0.0825. The molecule has 0 radical (unpaired) electrons. The van der Waals surface area contributed by atoms with Crippen molar-refractivity contribution in [2.24, 2.45) is 0 Å². The molecule has 1 aromatic carbocycles. The Morgan fingerprint density at radius 3 is 2.95 bits per heavy atom. The van der Waals surface area contributed by atoms with Gasteiger partial charge < -0.3 is 10.6 Å². The average molecular weight is 286 g/mol. The lowest BCUT2D eigenvalue weighted by Crippen LogP contribution is -2.39. The van der Waals surface area contributed by atoms with E-state index in [2.05, 4.69) is 22.8 Å². The Balaban J connectivity index is 1.53. The van der Waals surface area contributed by atoms with Crippen LogP contribution in [0.15, 0.2) is 24.3 Å². The maximum atomic E-state index is 12.2. The first kappa shape index (κ1) is 14.1. The van der Waals surface area contributed by atoms with E-state index < -0.39 is 0 Å². The lowest BCUT2D eigenvalue weighted by Gasteiger charge is -2.24. The largest absolute Gasteiger partial charge is 0.351 e. The summed E-state index contributed by atoms with van der Waals surface area (Å²) in [6, 6.07) is 8.47. The van der Waals surface area contributed by atoms with Crippen LogP contribution in [-0.4, -0.2) is 17.4 Å². The summed E-state index contributed by atoms with van der Waals surface area (Å²) in [7, 11) is 0. The molecule has 112 valence electrons. The van der Waals surface area contributed by atoms with E-state index in [0.29, 0.717) is 19.3 Å². The quantitative estimate of drug-likeness (QED) is 0.892. The van der Waals surface area contributed by atoms with Crippen molar-refractivity contribution < 1.29 is 9.59 Å². The number of carbonyl (C=O) groups is 2. The summed E-state index contributed by atoms with van der Waals surface area (Å²) in [6.07, 6.45) is 4.60. The van der Waals surface area contributed by atoms with Gasteiger partial charge in [-0.1, -0.05) is 24.3 Å². The van der Waals surface area contributed by atoms with E-state index in [0.717, 1.165) is 19.3 Å². The second-order valence-electron chi connectivity index (χ2n) is 6.47. The van der Waals surface area contributed by atoms with E-state index in [1.807, 2.05) is 19.1 Å². The van der Waals surface area contributed by atoms with Gasteiger partial charge in [0, 0.05) is 18.4 Å². The van der Waals surface area contributed by atoms with Gasteiger partial charge in [-0.05, 0) is 43.7 Å². The van der Waals surface area contributed by atoms with Gasteiger partial charge in [0.1, 0.15) is 0 Å². The van der Waals surface area contributed by atoms with E-state index in [1.54, 1.807) is 0 Å². The van der Waals surface area contributed by atoms with E-state index in [-0.39, 0.29) is 23.4 Å². The van der Waals surface area contributed by atoms with Crippen molar-refractivity contribution in [2.45, 2.75) is 57.0 Å². The molecule has 21 heavy (non-hydrogen) atoms. The van der Waals surface area contributed by atoms with Crippen molar-refractivity contribution in [3.8, 4) is 0 Å². The van der Waals surface area contributed by atoms with Crippen LogP contribution in [0.4, 0.5) is 0 Å². The Hall–Kier alpha value is -1.84. The van der Waals surface area contributed by atoms with Crippen LogP contribution in [-0.2, 0) is 16.0 Å². The lowest BCUT2D eigenvalue weighted by molar-refractivity contribution is -0.123. The highest BCUT2D eigenvalue weighted by molar-refractivity contribution is 5.80. The Labute approximate surface area is 125 Å². The van der Waals surface area contributed by atoms with Gasteiger partial charge in [0.05, 0.1) is 6.04 Å². The highest BCUT2D eigenvalue weighted by Gasteiger charge is 2.33. The van der Waals surface area contributed by atoms with Crippen molar-refractivity contribution in [1.29, 1.82) is 0 Å². The summed E-state index contributed by atoms with van der Waals surface area (Å²) in [4.78, 5) is 23.5. The van der Waals surface area contributed by atoms with Crippen LogP contribution in [0, 0.1) is 0 Å². The second-order valence-corrected chi connectivity index (χ2v) is 6.47. The number of amides is 2. The van der Waals surface area contributed by atoms with Gasteiger partial charge in [0.15, 0.2) is 0 Å². The zero-order valence-electron chi connectivity index (χ0n) is 12.4. The number of hydrogen-bond donors (Lipinski definition) is 2. The van der Waals surface area contributed by atoms with Crippen LogP contribution >= 0.6 is 0 Å². The number of nitrogens with one attached hydrogen (secondary N) is 2. The summed E-state index contributed by atoms with van der Waals surface area (Å²) >= 11 is 0. The van der Waals surface area contributed by atoms with Crippen molar-refractivity contribution in [2.75, 3.05) is 0 Å². The Morgan fingerprint density at radius 1 is 1.38 bits per heavy atom.